The molecule has 0 spiro atoms. The molecule has 0 aliphatic carbocycles. The highest BCUT2D eigenvalue weighted by atomic mass is 79.9. The van der Waals surface area contributed by atoms with Crippen LogP contribution in [0.5, 0.6) is 0 Å². The Bertz CT molecular complexity index is 788. The molecule has 0 saturated carbocycles. The third-order valence-electron chi connectivity index (χ3n) is 2.44. The lowest BCUT2D eigenvalue weighted by atomic mass is 10.3. The molecule has 1 aromatic carbocycles. The Balaban J connectivity index is 2.17. The van der Waals surface area contributed by atoms with Crippen LogP contribution in [0.3, 0.4) is 0 Å². The molecule has 0 atom stereocenters. The van der Waals surface area contributed by atoms with Crippen LogP contribution >= 0.6 is 43.2 Å². The van der Waals surface area contributed by atoms with Crippen molar-refractivity contribution in [2.45, 2.75) is 18.2 Å². The number of carbonyl (C=O) groups excluding carboxylic acids is 1. The molecule has 2 rings (SSSR count). The van der Waals surface area contributed by atoms with Crippen LogP contribution in [0.15, 0.2) is 37.4 Å². The molecule has 0 bridgehead atoms. The first-order chi connectivity index (χ1) is 9.78. The van der Waals surface area contributed by atoms with Crippen molar-refractivity contribution in [2.75, 3.05) is 0 Å². The highest BCUT2D eigenvalue weighted by Crippen LogP contribution is 2.25. The van der Waals surface area contributed by atoms with E-state index >= 15 is 0 Å². The summed E-state index contributed by atoms with van der Waals surface area (Å²) >= 11 is 7.78. The van der Waals surface area contributed by atoms with E-state index in [4.69, 9.17) is 0 Å². The molecule has 0 unspecified atom stereocenters. The third kappa shape index (κ3) is 4.35. The van der Waals surface area contributed by atoms with E-state index < -0.39 is 15.9 Å². The highest BCUT2D eigenvalue weighted by Gasteiger charge is 2.21. The van der Waals surface area contributed by atoms with Gasteiger partial charge in [-0.15, -0.1) is 11.3 Å². The van der Waals surface area contributed by atoms with Gasteiger partial charge in [0.25, 0.3) is 10.0 Å². The SMILES string of the molecule is Cc1nc(CC(=O)NS(=O)(=O)c2cc(Br)ccc2Br)cs1. The van der Waals surface area contributed by atoms with Crippen LogP contribution in [0.2, 0.25) is 0 Å². The molecule has 0 fully saturated rings. The number of rotatable bonds is 4. The summed E-state index contributed by atoms with van der Waals surface area (Å²) in [5.74, 6) is -0.618. The average molecular weight is 454 g/mol. The van der Waals surface area contributed by atoms with Gasteiger partial charge in [0.2, 0.25) is 5.91 Å². The summed E-state index contributed by atoms with van der Waals surface area (Å²) in [5, 5.41) is 2.56. The van der Waals surface area contributed by atoms with E-state index in [2.05, 4.69) is 36.8 Å². The van der Waals surface area contributed by atoms with Crippen LogP contribution < -0.4 is 4.72 Å². The van der Waals surface area contributed by atoms with Crippen molar-refractivity contribution in [3.63, 3.8) is 0 Å². The van der Waals surface area contributed by atoms with Gasteiger partial charge in [-0.05, 0) is 41.1 Å². The summed E-state index contributed by atoms with van der Waals surface area (Å²) in [6, 6.07) is 4.71. The lowest BCUT2D eigenvalue weighted by molar-refractivity contribution is -0.118. The molecular formula is C12H10Br2N2O3S2. The van der Waals surface area contributed by atoms with Gasteiger partial charge in [0, 0.05) is 14.3 Å². The van der Waals surface area contributed by atoms with Crippen molar-refractivity contribution in [2.24, 2.45) is 0 Å². The zero-order valence-electron chi connectivity index (χ0n) is 10.8. The average Bonchev–Trinajstić information content (AvgIpc) is 2.76. The largest absolute Gasteiger partial charge is 0.274 e. The number of sulfonamides is 1. The molecule has 112 valence electrons. The fourth-order valence-electron chi connectivity index (χ4n) is 1.58. The molecule has 0 radical (unpaired) electrons. The van der Waals surface area contributed by atoms with Gasteiger partial charge in [0.15, 0.2) is 0 Å². The molecule has 1 aromatic heterocycles. The molecule has 0 aliphatic heterocycles. The van der Waals surface area contributed by atoms with Gasteiger partial charge in [-0.2, -0.15) is 0 Å². The van der Waals surface area contributed by atoms with Gasteiger partial charge >= 0.3 is 0 Å². The predicted molar refractivity (Wildman–Crippen MR) is 87.7 cm³/mol. The lowest BCUT2D eigenvalue weighted by Crippen LogP contribution is -2.32. The Kier molecular flexibility index (Phi) is 5.18. The summed E-state index contributed by atoms with van der Waals surface area (Å²) in [6.07, 6.45) is -0.0742. The van der Waals surface area contributed by atoms with E-state index in [1.54, 1.807) is 17.5 Å². The number of hydrogen-bond donors (Lipinski definition) is 1. The summed E-state index contributed by atoms with van der Waals surface area (Å²) < 4.78 is 27.5. The number of aryl methyl sites for hydroxylation is 1. The third-order valence-corrected chi connectivity index (χ3v) is 6.12. The number of thiazole rings is 1. The number of benzene rings is 1. The number of aromatic nitrogens is 1. The van der Waals surface area contributed by atoms with E-state index in [-0.39, 0.29) is 11.3 Å². The number of nitrogens with zero attached hydrogens (tertiary/aromatic N) is 1. The molecule has 1 amide bonds. The fourth-order valence-corrected chi connectivity index (χ4v) is 4.68. The Morgan fingerprint density at radius 1 is 1.38 bits per heavy atom. The van der Waals surface area contributed by atoms with Crippen LogP contribution in [0.25, 0.3) is 0 Å². The van der Waals surface area contributed by atoms with Crippen molar-refractivity contribution in [1.29, 1.82) is 0 Å². The van der Waals surface area contributed by atoms with Gasteiger partial charge in [0.05, 0.1) is 17.1 Å². The second kappa shape index (κ2) is 6.55. The van der Waals surface area contributed by atoms with E-state index in [1.165, 1.54) is 17.4 Å². The van der Waals surface area contributed by atoms with E-state index in [9.17, 15) is 13.2 Å². The molecular weight excluding hydrogens is 444 g/mol. The predicted octanol–water partition coefficient (Wildman–Crippen LogP) is 3.02. The van der Waals surface area contributed by atoms with Gasteiger partial charge < -0.3 is 0 Å². The smallest absolute Gasteiger partial charge is 0.265 e. The van der Waals surface area contributed by atoms with Crippen molar-refractivity contribution in [3.05, 3.63) is 43.2 Å². The van der Waals surface area contributed by atoms with Crippen molar-refractivity contribution in [1.82, 2.24) is 9.71 Å². The molecule has 0 saturated heterocycles. The maximum Gasteiger partial charge on any atom is 0.265 e. The minimum Gasteiger partial charge on any atom is -0.274 e. The Labute approximate surface area is 143 Å². The fraction of sp³-hybridized carbons (Fsp3) is 0.167. The quantitative estimate of drug-likeness (QED) is 0.771. The zero-order valence-corrected chi connectivity index (χ0v) is 15.6. The summed E-state index contributed by atoms with van der Waals surface area (Å²) in [4.78, 5) is 16.0. The van der Waals surface area contributed by atoms with Crippen LogP contribution in [0, 0.1) is 6.92 Å². The van der Waals surface area contributed by atoms with Crippen LogP contribution in [0.4, 0.5) is 0 Å². The van der Waals surface area contributed by atoms with Crippen molar-refractivity contribution < 1.29 is 13.2 Å². The second-order valence-corrected chi connectivity index (χ2v) is 8.62. The molecule has 5 nitrogen and oxygen atoms in total. The summed E-state index contributed by atoms with van der Waals surface area (Å²) in [6.45, 7) is 1.82. The lowest BCUT2D eigenvalue weighted by Gasteiger charge is -2.08. The first-order valence-corrected chi connectivity index (χ1v) is 9.64. The Morgan fingerprint density at radius 2 is 2.10 bits per heavy atom. The van der Waals surface area contributed by atoms with Gasteiger partial charge in [-0.25, -0.2) is 18.1 Å². The van der Waals surface area contributed by atoms with Gasteiger partial charge in [-0.1, -0.05) is 15.9 Å². The number of nitrogens with one attached hydrogen (secondary N) is 1. The van der Waals surface area contributed by atoms with Crippen LogP contribution in [-0.2, 0) is 21.2 Å². The first-order valence-electron chi connectivity index (χ1n) is 5.69. The van der Waals surface area contributed by atoms with Crippen LogP contribution in [0.1, 0.15) is 10.7 Å². The molecule has 1 heterocycles. The molecule has 1 N–H and O–H groups in total. The molecule has 2 aromatic rings. The van der Waals surface area contributed by atoms with Gasteiger partial charge in [-0.3, -0.25) is 4.79 Å². The minimum absolute atomic E-state index is 0.000293. The molecule has 0 aliphatic rings. The maximum atomic E-state index is 12.2. The first kappa shape index (κ1) is 16.6. The number of carbonyl (C=O) groups is 1. The van der Waals surface area contributed by atoms with Gasteiger partial charge in [0.1, 0.15) is 4.90 Å². The van der Waals surface area contributed by atoms with E-state index in [0.29, 0.717) is 14.6 Å². The standard InChI is InChI=1S/C12H10Br2N2O3S2/c1-7-15-9(6-20-7)5-12(17)16-21(18,19)11-4-8(13)2-3-10(11)14/h2-4,6H,5H2,1H3,(H,16,17). The maximum absolute atomic E-state index is 12.2. The van der Waals surface area contributed by atoms with E-state index in [1.807, 2.05) is 11.6 Å². The van der Waals surface area contributed by atoms with E-state index in [0.717, 1.165) is 5.01 Å². The topological polar surface area (TPSA) is 76.1 Å². The highest BCUT2D eigenvalue weighted by molar-refractivity contribution is 9.11. The Hall–Kier alpha value is -0.770. The summed E-state index contributed by atoms with van der Waals surface area (Å²) in [5.41, 5.74) is 0.554. The zero-order chi connectivity index (χ0) is 15.6. The minimum atomic E-state index is -3.93. The van der Waals surface area contributed by atoms with Crippen LogP contribution in [-0.4, -0.2) is 19.3 Å². The molecule has 21 heavy (non-hydrogen) atoms. The number of hydrogen-bond acceptors (Lipinski definition) is 5. The molecule has 9 heteroatoms. The summed E-state index contributed by atoms with van der Waals surface area (Å²) in [7, 11) is -3.93. The second-order valence-electron chi connectivity index (χ2n) is 4.14. The van der Waals surface area contributed by atoms with Crippen molar-refractivity contribution >= 4 is 59.1 Å². The Morgan fingerprint density at radius 3 is 2.71 bits per heavy atom. The van der Waals surface area contributed by atoms with Crippen molar-refractivity contribution in [3.8, 4) is 0 Å². The number of amides is 1. The number of halogens is 2. The normalized spacial score (nSPS) is 11.4. The monoisotopic (exact) mass is 452 g/mol.